The second kappa shape index (κ2) is 10.5. The zero-order chi connectivity index (χ0) is 26.0. The first-order valence-electron chi connectivity index (χ1n) is 11.4. The minimum absolute atomic E-state index is 0.0846. The number of fused-ring (bicyclic) bond motifs is 1. The van der Waals surface area contributed by atoms with Crippen LogP contribution in [0.15, 0.2) is 46.2 Å². The Labute approximate surface area is 213 Å². The van der Waals surface area contributed by atoms with Crippen LogP contribution in [0.4, 0.5) is 5.69 Å². The number of rotatable bonds is 7. The maximum absolute atomic E-state index is 13.2. The topological polar surface area (TPSA) is 120 Å². The lowest BCUT2D eigenvalue weighted by atomic mass is 10.1. The van der Waals surface area contributed by atoms with Crippen molar-refractivity contribution in [1.29, 1.82) is 0 Å². The summed E-state index contributed by atoms with van der Waals surface area (Å²) in [5.74, 6) is 0.185. The molecule has 4 rings (SSSR count). The van der Waals surface area contributed by atoms with Gasteiger partial charge in [0, 0.05) is 30.2 Å². The Morgan fingerprint density at radius 3 is 2.61 bits per heavy atom. The van der Waals surface area contributed by atoms with Crippen LogP contribution in [0.2, 0.25) is 5.02 Å². The highest BCUT2D eigenvalue weighted by molar-refractivity contribution is 7.89. The quantitative estimate of drug-likeness (QED) is 0.494. The minimum Gasteiger partial charge on any atom is -0.495 e. The van der Waals surface area contributed by atoms with Gasteiger partial charge < -0.3 is 14.8 Å². The van der Waals surface area contributed by atoms with Crippen molar-refractivity contribution in [2.45, 2.75) is 43.7 Å². The molecule has 1 aliphatic heterocycles. The number of nitrogens with one attached hydrogen (secondary N) is 1. The van der Waals surface area contributed by atoms with Gasteiger partial charge in [-0.05, 0) is 44.0 Å². The fourth-order valence-corrected chi connectivity index (χ4v) is 6.32. The van der Waals surface area contributed by atoms with Crippen molar-refractivity contribution in [1.82, 2.24) is 13.9 Å². The molecule has 0 bridgehead atoms. The molecule has 1 fully saturated rings. The monoisotopic (exact) mass is 534 g/mol. The number of methoxy groups -OCH3 is 2. The van der Waals surface area contributed by atoms with E-state index in [2.05, 4.69) is 10.3 Å². The van der Waals surface area contributed by atoms with Crippen LogP contribution >= 0.6 is 11.6 Å². The fourth-order valence-electron chi connectivity index (χ4n) is 4.35. The number of sulfonamides is 1. The van der Waals surface area contributed by atoms with E-state index in [4.69, 9.17) is 21.1 Å². The molecule has 1 aromatic heterocycles. The van der Waals surface area contributed by atoms with Crippen molar-refractivity contribution < 1.29 is 22.7 Å². The average Bonchev–Trinajstić information content (AvgIpc) is 2.85. The first-order valence-corrected chi connectivity index (χ1v) is 13.2. The summed E-state index contributed by atoms with van der Waals surface area (Å²) in [6.45, 7) is 2.02. The predicted molar refractivity (Wildman–Crippen MR) is 136 cm³/mol. The van der Waals surface area contributed by atoms with Gasteiger partial charge in [0.15, 0.2) is 0 Å². The van der Waals surface area contributed by atoms with Crippen LogP contribution in [0, 0.1) is 0 Å². The predicted octanol–water partition coefficient (Wildman–Crippen LogP) is 3.27. The zero-order valence-corrected chi connectivity index (χ0v) is 21.7. The van der Waals surface area contributed by atoms with E-state index in [1.54, 1.807) is 0 Å². The van der Waals surface area contributed by atoms with Crippen LogP contribution in [0.3, 0.4) is 0 Å². The molecule has 1 atom stereocenters. The van der Waals surface area contributed by atoms with E-state index in [0.717, 1.165) is 19.3 Å². The lowest BCUT2D eigenvalue weighted by Gasteiger charge is -2.32. The van der Waals surface area contributed by atoms with Gasteiger partial charge in [-0.1, -0.05) is 18.0 Å². The molecule has 0 spiro atoms. The third-order valence-corrected chi connectivity index (χ3v) is 8.54. The summed E-state index contributed by atoms with van der Waals surface area (Å²) in [6.07, 6.45) is 3.94. The Morgan fingerprint density at radius 2 is 1.92 bits per heavy atom. The number of amides is 1. The second-order valence-electron chi connectivity index (χ2n) is 8.54. The summed E-state index contributed by atoms with van der Waals surface area (Å²) in [5, 5.41) is 3.38. The second-order valence-corrected chi connectivity index (χ2v) is 10.8. The number of hydrogen-bond donors (Lipinski definition) is 1. The third-order valence-electron chi connectivity index (χ3n) is 6.23. The van der Waals surface area contributed by atoms with Crippen molar-refractivity contribution >= 4 is 44.1 Å². The Kier molecular flexibility index (Phi) is 7.53. The lowest BCUT2D eigenvalue weighted by Crippen LogP contribution is -2.41. The van der Waals surface area contributed by atoms with Gasteiger partial charge >= 0.3 is 5.69 Å². The van der Waals surface area contributed by atoms with E-state index in [-0.39, 0.29) is 22.5 Å². The molecule has 1 aliphatic rings. The lowest BCUT2D eigenvalue weighted by molar-refractivity contribution is -0.116. The number of ether oxygens (including phenoxy) is 2. The SMILES string of the molecule is COc1cc(OC)c(NC(=O)Cn2c(=O)ncc3cc(S(=O)(=O)N4CCCC[C@H]4C)ccc32)cc1Cl. The summed E-state index contributed by atoms with van der Waals surface area (Å²) in [5.41, 5.74) is 0.0479. The summed E-state index contributed by atoms with van der Waals surface area (Å²) < 4.78 is 39.7. The summed E-state index contributed by atoms with van der Waals surface area (Å²) >= 11 is 6.17. The number of carbonyl (C=O) groups excluding carboxylic acids is 1. The van der Waals surface area contributed by atoms with Crippen molar-refractivity contribution in [3.8, 4) is 11.5 Å². The number of nitrogens with zero attached hydrogens (tertiary/aromatic N) is 3. The van der Waals surface area contributed by atoms with Crippen LogP contribution < -0.4 is 20.5 Å². The molecule has 1 saturated heterocycles. The zero-order valence-electron chi connectivity index (χ0n) is 20.2. The highest BCUT2D eigenvalue weighted by Crippen LogP contribution is 2.36. The number of halogens is 1. The molecule has 3 aromatic rings. The molecular formula is C24H27ClN4O6S. The molecule has 0 saturated carbocycles. The highest BCUT2D eigenvalue weighted by Gasteiger charge is 2.31. The summed E-state index contributed by atoms with van der Waals surface area (Å²) in [6, 6.07) is 7.41. The first-order chi connectivity index (χ1) is 17.1. The van der Waals surface area contributed by atoms with Crippen LogP contribution in [-0.4, -0.2) is 55.0 Å². The molecule has 2 aromatic carbocycles. The van der Waals surface area contributed by atoms with Gasteiger partial charge in [-0.2, -0.15) is 4.31 Å². The normalized spacial score (nSPS) is 16.6. The molecule has 0 unspecified atom stereocenters. The molecule has 36 heavy (non-hydrogen) atoms. The van der Waals surface area contributed by atoms with Crippen molar-refractivity contribution in [2.24, 2.45) is 0 Å². The molecule has 192 valence electrons. The fraction of sp³-hybridized carbons (Fsp3) is 0.375. The van der Waals surface area contributed by atoms with E-state index in [1.165, 1.54) is 59.6 Å². The van der Waals surface area contributed by atoms with Gasteiger partial charge in [0.1, 0.15) is 18.0 Å². The smallest absolute Gasteiger partial charge is 0.348 e. The van der Waals surface area contributed by atoms with Crippen LogP contribution in [0.25, 0.3) is 10.9 Å². The van der Waals surface area contributed by atoms with Gasteiger partial charge in [-0.3, -0.25) is 9.36 Å². The van der Waals surface area contributed by atoms with E-state index in [9.17, 15) is 18.0 Å². The van der Waals surface area contributed by atoms with Gasteiger partial charge in [0.25, 0.3) is 0 Å². The summed E-state index contributed by atoms with van der Waals surface area (Å²) in [7, 11) is -0.806. The largest absolute Gasteiger partial charge is 0.495 e. The van der Waals surface area contributed by atoms with Gasteiger partial charge in [0.2, 0.25) is 15.9 Å². The molecule has 1 amide bonds. The van der Waals surface area contributed by atoms with E-state index in [1.807, 2.05) is 6.92 Å². The van der Waals surface area contributed by atoms with Crippen molar-refractivity contribution in [3.63, 3.8) is 0 Å². The Balaban J connectivity index is 1.63. The van der Waals surface area contributed by atoms with Gasteiger partial charge in [-0.25, -0.2) is 18.2 Å². The summed E-state index contributed by atoms with van der Waals surface area (Å²) in [4.78, 5) is 29.4. The van der Waals surface area contributed by atoms with Crippen molar-refractivity contribution in [3.05, 3.63) is 52.0 Å². The number of hydrogen-bond acceptors (Lipinski definition) is 7. The maximum atomic E-state index is 13.2. The van der Waals surface area contributed by atoms with Crippen LogP contribution in [0.5, 0.6) is 11.5 Å². The Hall–Kier alpha value is -3.15. The third kappa shape index (κ3) is 5.04. The Morgan fingerprint density at radius 1 is 1.17 bits per heavy atom. The van der Waals surface area contributed by atoms with Crippen LogP contribution in [-0.2, 0) is 21.4 Å². The van der Waals surface area contributed by atoms with E-state index >= 15 is 0 Å². The number of carbonyl (C=O) groups is 1. The van der Waals surface area contributed by atoms with E-state index < -0.39 is 21.6 Å². The number of benzene rings is 2. The molecular weight excluding hydrogens is 508 g/mol. The highest BCUT2D eigenvalue weighted by atomic mass is 35.5. The van der Waals surface area contributed by atoms with Crippen LogP contribution in [0.1, 0.15) is 26.2 Å². The molecule has 2 heterocycles. The van der Waals surface area contributed by atoms with E-state index in [0.29, 0.717) is 34.6 Å². The van der Waals surface area contributed by atoms with Crippen molar-refractivity contribution in [2.75, 3.05) is 26.1 Å². The van der Waals surface area contributed by atoms with Gasteiger partial charge in [-0.15, -0.1) is 0 Å². The average molecular weight is 535 g/mol. The molecule has 0 aliphatic carbocycles. The molecule has 10 nitrogen and oxygen atoms in total. The standard InChI is InChI=1S/C24H27ClN4O6S/c1-15-6-4-5-9-29(15)36(32,33)17-7-8-20-16(10-17)13-26-24(31)28(20)14-23(30)27-19-11-18(25)21(34-2)12-22(19)35-3/h7-8,10-13,15H,4-6,9,14H2,1-3H3,(H,27,30)/t15-/m1/s1. The number of piperidine rings is 1. The first kappa shape index (κ1) is 25.9. The molecule has 0 radical (unpaired) electrons. The molecule has 1 N–H and O–H groups in total. The Bertz CT molecular complexity index is 1470. The van der Waals surface area contributed by atoms with Gasteiger partial charge in [0.05, 0.1) is 35.3 Å². The number of aromatic nitrogens is 2. The molecule has 12 heteroatoms. The minimum atomic E-state index is -3.70. The maximum Gasteiger partial charge on any atom is 0.348 e. The number of anilines is 1.